The molecule has 0 aliphatic heterocycles. The highest BCUT2D eigenvalue weighted by molar-refractivity contribution is 5.96. The lowest BCUT2D eigenvalue weighted by molar-refractivity contribution is -0.142. The van der Waals surface area contributed by atoms with E-state index in [0.29, 0.717) is 23.2 Å². The molecule has 0 saturated carbocycles. The molecule has 0 spiro atoms. The lowest BCUT2D eigenvalue weighted by Crippen LogP contribution is -2.60. The first kappa shape index (κ1) is 38.1. The number of H-pyrrole nitrogens is 2. The molecule has 0 unspecified atom stereocenters. The molecule has 0 aliphatic carbocycles. The van der Waals surface area contributed by atoms with Gasteiger partial charge in [0.2, 0.25) is 23.6 Å². The van der Waals surface area contributed by atoms with E-state index in [-0.39, 0.29) is 25.0 Å². The number of phenolic OH excluding ortho intramolecular Hbond substituents is 1. The average Bonchev–Trinajstić information content (AvgIpc) is 3.79. The van der Waals surface area contributed by atoms with Crippen LogP contribution < -0.4 is 27.0 Å². The summed E-state index contributed by atoms with van der Waals surface area (Å²) in [5.41, 5.74) is 8.25. The third-order valence-electron chi connectivity index (χ3n) is 8.66. The van der Waals surface area contributed by atoms with Gasteiger partial charge in [-0.05, 0) is 35.2 Å². The largest absolute Gasteiger partial charge is 0.508 e. The fraction of sp³-hybridized carbons (Fsp3) is 0.371. The second-order valence-corrected chi connectivity index (χ2v) is 12.4. The normalized spacial score (nSPS) is 14.7. The van der Waals surface area contributed by atoms with Crippen LogP contribution in [0.2, 0.25) is 0 Å². The predicted octanol–water partition coefficient (Wildman–Crippen LogP) is 0.0140. The summed E-state index contributed by atoms with van der Waals surface area (Å²) in [6.45, 7) is 2.87. The van der Waals surface area contributed by atoms with Gasteiger partial charge in [-0.2, -0.15) is 0 Å². The first-order chi connectivity index (χ1) is 24.4. The molecule has 272 valence electrons. The second kappa shape index (κ2) is 17.8. The topological polar surface area (TPSA) is 265 Å². The van der Waals surface area contributed by atoms with Gasteiger partial charge in [0.15, 0.2) is 0 Å². The first-order valence-corrected chi connectivity index (χ1v) is 16.5. The quantitative estimate of drug-likeness (QED) is 0.0663. The molecule has 2 aromatic carbocycles. The molecule has 4 rings (SSSR count). The summed E-state index contributed by atoms with van der Waals surface area (Å²) >= 11 is 0. The van der Waals surface area contributed by atoms with Crippen molar-refractivity contribution in [2.24, 2.45) is 11.7 Å². The molecule has 16 nitrogen and oxygen atoms in total. The van der Waals surface area contributed by atoms with Gasteiger partial charge < -0.3 is 52.3 Å². The highest BCUT2D eigenvalue weighted by Crippen LogP contribution is 2.20. The number of carboxylic acid groups (broad SMARTS) is 1. The van der Waals surface area contributed by atoms with E-state index in [9.17, 15) is 39.3 Å². The van der Waals surface area contributed by atoms with Crippen molar-refractivity contribution in [3.8, 4) is 5.75 Å². The Kier molecular flexibility index (Phi) is 13.3. The molecular weight excluding hydrogens is 660 g/mol. The number of aromatic nitrogens is 3. The number of carbonyl (C=O) groups is 5. The molecular formula is C35H44N8O8. The smallest absolute Gasteiger partial charge is 0.326 e. The van der Waals surface area contributed by atoms with Crippen LogP contribution in [0.1, 0.15) is 37.1 Å². The van der Waals surface area contributed by atoms with Crippen LogP contribution in [0.15, 0.2) is 67.3 Å². The minimum atomic E-state index is -1.32. The summed E-state index contributed by atoms with van der Waals surface area (Å²) in [4.78, 5) is 76.3. The number of rotatable bonds is 18. The van der Waals surface area contributed by atoms with Crippen LogP contribution in [-0.2, 0) is 43.2 Å². The third-order valence-corrected chi connectivity index (χ3v) is 8.66. The number of nitrogens with two attached hydrogens (primary N) is 1. The van der Waals surface area contributed by atoms with E-state index >= 15 is 0 Å². The van der Waals surface area contributed by atoms with E-state index in [1.54, 1.807) is 25.3 Å². The minimum Gasteiger partial charge on any atom is -0.508 e. The Bertz CT molecular complexity index is 1790. The lowest BCUT2D eigenvalue weighted by atomic mass is 9.96. The maximum Gasteiger partial charge on any atom is 0.326 e. The Balaban J connectivity index is 1.62. The number of nitrogens with zero attached hydrogens (tertiary/aromatic N) is 1. The van der Waals surface area contributed by atoms with E-state index in [2.05, 4.69) is 36.2 Å². The summed E-state index contributed by atoms with van der Waals surface area (Å²) in [6.07, 6.45) is 4.84. The number of aliphatic hydroxyl groups is 1. The summed E-state index contributed by atoms with van der Waals surface area (Å²) < 4.78 is 0. The number of imidazole rings is 1. The van der Waals surface area contributed by atoms with Gasteiger partial charge in [0.1, 0.15) is 36.0 Å². The standard InChI is InChI=1S/C35H44N8O8/c1-3-19(2)30(34(49)42-29(35(50)51)14-22-16-37-18-39-22)43-33(48)28(13-21-15-38-26-7-5-4-6-24(21)26)41-32(47)27(40-31(46)25(36)17-44)12-20-8-10-23(45)11-9-20/h4-11,15-16,18-19,25,27-30,38,44-45H,3,12-14,17,36H2,1-2H3,(H,37,39)(H,40,46)(H,41,47)(H,42,49)(H,43,48)(H,50,51)/t19-,25-,27-,28-,29-,30-/m0/s1. The predicted molar refractivity (Wildman–Crippen MR) is 186 cm³/mol. The summed E-state index contributed by atoms with van der Waals surface area (Å²) in [7, 11) is 0. The van der Waals surface area contributed by atoms with E-state index in [4.69, 9.17) is 5.73 Å². The number of hydrogen-bond acceptors (Lipinski definition) is 9. The molecule has 51 heavy (non-hydrogen) atoms. The number of aliphatic carboxylic acids is 1. The summed E-state index contributed by atoms with van der Waals surface area (Å²) in [5, 5.41) is 40.3. The number of hydrogen-bond donors (Lipinski definition) is 10. The van der Waals surface area contributed by atoms with Crippen LogP contribution >= 0.6 is 0 Å². The van der Waals surface area contributed by atoms with Gasteiger partial charge in [0.25, 0.3) is 0 Å². The highest BCUT2D eigenvalue weighted by atomic mass is 16.4. The van der Waals surface area contributed by atoms with Crippen molar-refractivity contribution in [3.63, 3.8) is 0 Å². The fourth-order valence-corrected chi connectivity index (χ4v) is 5.47. The molecule has 6 atom stereocenters. The number of amides is 4. The number of aromatic hydroxyl groups is 1. The molecule has 4 amide bonds. The Morgan fingerprint density at radius 2 is 1.47 bits per heavy atom. The SMILES string of the molecule is CC[C@H](C)[C@H](NC(=O)[C@H](Cc1c[nH]c2ccccc12)NC(=O)[C@H](Cc1ccc(O)cc1)NC(=O)[C@@H](N)CO)C(=O)N[C@@H](Cc1cnc[nH]1)C(=O)O. The van der Waals surface area contributed by atoms with Gasteiger partial charge in [0.05, 0.1) is 12.9 Å². The van der Waals surface area contributed by atoms with Gasteiger partial charge in [-0.25, -0.2) is 9.78 Å². The molecule has 11 N–H and O–H groups in total. The Morgan fingerprint density at radius 1 is 0.824 bits per heavy atom. The second-order valence-electron chi connectivity index (χ2n) is 12.4. The molecule has 0 fully saturated rings. The van der Waals surface area contributed by atoms with E-state index in [0.717, 1.165) is 10.9 Å². The molecule has 4 aromatic rings. The van der Waals surface area contributed by atoms with Crippen molar-refractivity contribution >= 4 is 40.5 Å². The van der Waals surface area contributed by atoms with Gasteiger partial charge >= 0.3 is 5.97 Å². The number of nitrogens with one attached hydrogen (secondary N) is 6. The van der Waals surface area contributed by atoms with Crippen LogP contribution in [0.5, 0.6) is 5.75 Å². The van der Waals surface area contributed by atoms with Crippen molar-refractivity contribution in [2.75, 3.05) is 6.61 Å². The minimum absolute atomic E-state index is 0.00237. The third kappa shape index (κ3) is 10.4. The first-order valence-electron chi connectivity index (χ1n) is 16.5. The van der Waals surface area contributed by atoms with E-state index in [1.807, 2.05) is 31.2 Å². The molecule has 0 saturated heterocycles. The fourth-order valence-electron chi connectivity index (χ4n) is 5.47. The Hall–Kier alpha value is -5.74. The van der Waals surface area contributed by atoms with Crippen molar-refractivity contribution in [3.05, 3.63) is 84.1 Å². The average molecular weight is 705 g/mol. The van der Waals surface area contributed by atoms with Crippen molar-refractivity contribution < 1.29 is 39.3 Å². The number of phenols is 1. The number of aliphatic hydroxyl groups excluding tert-OH is 1. The van der Waals surface area contributed by atoms with Crippen LogP contribution in [-0.4, -0.2) is 96.7 Å². The van der Waals surface area contributed by atoms with Crippen LogP contribution in [0.4, 0.5) is 0 Å². The molecule has 16 heteroatoms. The molecule has 2 heterocycles. The van der Waals surface area contributed by atoms with Crippen molar-refractivity contribution in [2.45, 2.75) is 69.7 Å². The van der Waals surface area contributed by atoms with Crippen molar-refractivity contribution in [1.29, 1.82) is 0 Å². The van der Waals surface area contributed by atoms with E-state index < -0.39 is 72.3 Å². The zero-order valence-corrected chi connectivity index (χ0v) is 28.3. The molecule has 0 radical (unpaired) electrons. The highest BCUT2D eigenvalue weighted by Gasteiger charge is 2.34. The van der Waals surface area contributed by atoms with E-state index in [1.165, 1.54) is 24.7 Å². The van der Waals surface area contributed by atoms with Crippen LogP contribution in [0.25, 0.3) is 10.9 Å². The van der Waals surface area contributed by atoms with Gasteiger partial charge in [-0.3, -0.25) is 19.2 Å². The summed E-state index contributed by atoms with van der Waals surface area (Å²) in [5.74, 6) is -4.73. The number of para-hydroxylation sites is 1. The van der Waals surface area contributed by atoms with Gasteiger partial charge in [0, 0.05) is 48.3 Å². The van der Waals surface area contributed by atoms with Crippen LogP contribution in [0, 0.1) is 5.92 Å². The maximum absolute atomic E-state index is 14.1. The summed E-state index contributed by atoms with van der Waals surface area (Å²) in [6, 6.07) is 6.99. The Labute approximate surface area is 293 Å². The number of carbonyl (C=O) groups excluding carboxylic acids is 4. The van der Waals surface area contributed by atoms with Gasteiger partial charge in [-0.1, -0.05) is 50.6 Å². The zero-order chi connectivity index (χ0) is 37.1. The molecule has 0 bridgehead atoms. The number of carboxylic acids is 1. The van der Waals surface area contributed by atoms with Crippen molar-refractivity contribution in [1.82, 2.24) is 36.2 Å². The lowest BCUT2D eigenvalue weighted by Gasteiger charge is -2.28. The monoisotopic (exact) mass is 704 g/mol. The maximum atomic E-state index is 14.1. The number of fused-ring (bicyclic) bond motifs is 1. The van der Waals surface area contributed by atoms with Gasteiger partial charge in [-0.15, -0.1) is 0 Å². The van der Waals surface area contributed by atoms with Crippen LogP contribution in [0.3, 0.4) is 0 Å². The molecule has 2 aromatic heterocycles. The zero-order valence-electron chi connectivity index (χ0n) is 28.3. The number of benzene rings is 2. The molecule has 0 aliphatic rings. The number of aromatic amines is 2. The Morgan fingerprint density at radius 3 is 2.12 bits per heavy atom.